The monoisotopic (exact) mass is 357 g/mol. The van der Waals surface area contributed by atoms with E-state index in [1.807, 2.05) is 67.5 Å². The van der Waals surface area contributed by atoms with Crippen LogP contribution in [0.25, 0.3) is 0 Å². The van der Waals surface area contributed by atoms with Crippen LogP contribution in [0.2, 0.25) is 0 Å². The molecule has 0 saturated heterocycles. The molecule has 2 amide bonds. The lowest BCUT2D eigenvalue weighted by Gasteiger charge is -2.12. The average molecular weight is 357 g/mol. The van der Waals surface area contributed by atoms with E-state index in [9.17, 15) is 9.59 Å². The van der Waals surface area contributed by atoms with Crippen molar-refractivity contribution in [1.82, 2.24) is 10.2 Å². The lowest BCUT2D eigenvalue weighted by Crippen LogP contribution is -2.36. The second kappa shape index (κ2) is 9.86. The number of nitrogens with one attached hydrogen (secondary N) is 2. The van der Waals surface area contributed by atoms with Crippen LogP contribution in [0.4, 0.5) is 5.69 Å². The van der Waals surface area contributed by atoms with Crippen molar-refractivity contribution in [3.8, 4) is 0 Å². The lowest BCUT2D eigenvalue weighted by molar-refractivity contribution is -0.136. The maximum atomic E-state index is 12.1. The van der Waals surface area contributed by atoms with Gasteiger partial charge in [-0.15, -0.1) is 0 Å². The van der Waals surface area contributed by atoms with Crippen LogP contribution < -0.4 is 10.6 Å². The first-order valence-corrected chi connectivity index (χ1v) is 8.94. The zero-order chi connectivity index (χ0) is 18.1. The number of para-hydroxylation sites is 1. The van der Waals surface area contributed by atoms with Gasteiger partial charge in [-0.1, -0.05) is 42.1 Å². The van der Waals surface area contributed by atoms with Gasteiger partial charge in [-0.3, -0.25) is 9.59 Å². The molecule has 25 heavy (non-hydrogen) atoms. The Bertz CT molecular complexity index is 705. The van der Waals surface area contributed by atoms with Crippen molar-refractivity contribution in [1.29, 1.82) is 0 Å². The van der Waals surface area contributed by atoms with Gasteiger partial charge in [-0.2, -0.15) is 0 Å². The van der Waals surface area contributed by atoms with Crippen molar-refractivity contribution in [2.45, 2.75) is 16.2 Å². The molecule has 2 aromatic carbocycles. The summed E-state index contributed by atoms with van der Waals surface area (Å²) < 4.78 is 0. The molecule has 5 nitrogen and oxygen atoms in total. The number of nitrogens with zero attached hydrogens (tertiary/aromatic N) is 1. The summed E-state index contributed by atoms with van der Waals surface area (Å²) in [4.78, 5) is 28.0. The van der Waals surface area contributed by atoms with Crippen LogP contribution in [-0.2, 0) is 9.59 Å². The standard InChI is InChI=1S/C19H23N3O2S/c1-22(2)14-8-13-20-18(23)19(24)21-16-11-6-7-12-17(16)25-15-9-4-3-5-10-15/h3-7,9-12H,8,13-14H2,1-2H3,(H,20,23)(H,21,24). The first-order chi connectivity index (χ1) is 12.1. The molecule has 0 aromatic heterocycles. The second-order valence-electron chi connectivity index (χ2n) is 5.78. The quantitative estimate of drug-likeness (QED) is 0.591. The summed E-state index contributed by atoms with van der Waals surface area (Å²) in [5.41, 5.74) is 0.629. The smallest absolute Gasteiger partial charge is 0.313 e. The van der Waals surface area contributed by atoms with Crippen molar-refractivity contribution in [2.75, 3.05) is 32.5 Å². The normalized spacial score (nSPS) is 10.5. The molecule has 132 valence electrons. The van der Waals surface area contributed by atoms with Gasteiger partial charge in [-0.25, -0.2) is 0 Å². The van der Waals surface area contributed by atoms with Gasteiger partial charge in [0.15, 0.2) is 0 Å². The van der Waals surface area contributed by atoms with Crippen molar-refractivity contribution in [3.05, 3.63) is 54.6 Å². The third-order valence-corrected chi connectivity index (χ3v) is 4.46. The molecule has 0 aliphatic carbocycles. The van der Waals surface area contributed by atoms with Gasteiger partial charge >= 0.3 is 11.8 Å². The van der Waals surface area contributed by atoms with Gasteiger partial charge in [-0.05, 0) is 51.3 Å². The Hall–Kier alpha value is -2.31. The summed E-state index contributed by atoms with van der Waals surface area (Å²) in [5, 5.41) is 5.34. The van der Waals surface area contributed by atoms with Crippen molar-refractivity contribution in [2.24, 2.45) is 0 Å². The third kappa shape index (κ3) is 6.60. The van der Waals surface area contributed by atoms with Gasteiger partial charge < -0.3 is 15.5 Å². The highest BCUT2D eigenvalue weighted by atomic mass is 32.2. The Kier molecular flexibility index (Phi) is 7.50. The lowest BCUT2D eigenvalue weighted by atomic mass is 10.3. The van der Waals surface area contributed by atoms with Crippen molar-refractivity contribution >= 4 is 29.3 Å². The number of anilines is 1. The molecule has 2 aromatic rings. The van der Waals surface area contributed by atoms with Crippen molar-refractivity contribution < 1.29 is 9.59 Å². The molecular formula is C19H23N3O2S. The van der Waals surface area contributed by atoms with E-state index < -0.39 is 11.8 Å². The number of carbonyl (C=O) groups excluding carboxylic acids is 2. The van der Waals surface area contributed by atoms with E-state index in [0.717, 1.165) is 22.8 Å². The number of hydrogen-bond acceptors (Lipinski definition) is 4. The number of hydrogen-bond donors (Lipinski definition) is 2. The van der Waals surface area contributed by atoms with Crippen LogP contribution in [-0.4, -0.2) is 43.9 Å². The first-order valence-electron chi connectivity index (χ1n) is 8.12. The van der Waals surface area contributed by atoms with E-state index in [4.69, 9.17) is 0 Å². The van der Waals surface area contributed by atoms with E-state index in [0.29, 0.717) is 12.2 Å². The molecule has 0 bridgehead atoms. The number of carbonyl (C=O) groups is 2. The second-order valence-corrected chi connectivity index (χ2v) is 6.89. The van der Waals surface area contributed by atoms with Gasteiger partial charge in [0.2, 0.25) is 0 Å². The molecule has 0 aliphatic rings. The van der Waals surface area contributed by atoms with E-state index in [1.165, 1.54) is 0 Å². The maximum Gasteiger partial charge on any atom is 0.313 e. The average Bonchev–Trinajstić information content (AvgIpc) is 2.61. The summed E-state index contributed by atoms with van der Waals surface area (Å²) in [6.07, 6.45) is 0.798. The molecule has 6 heteroatoms. The first kappa shape index (κ1) is 19.0. The van der Waals surface area contributed by atoms with Crippen LogP contribution in [0, 0.1) is 0 Å². The van der Waals surface area contributed by atoms with Crippen LogP contribution in [0.3, 0.4) is 0 Å². The van der Waals surface area contributed by atoms with E-state index in [1.54, 1.807) is 17.8 Å². The summed E-state index contributed by atoms with van der Waals surface area (Å²) in [7, 11) is 3.94. The molecule has 2 rings (SSSR count). The number of rotatable bonds is 7. The van der Waals surface area contributed by atoms with Crippen molar-refractivity contribution in [3.63, 3.8) is 0 Å². The Labute approximate surface area is 152 Å². The predicted molar refractivity (Wildman–Crippen MR) is 102 cm³/mol. The summed E-state index contributed by atoms with van der Waals surface area (Å²) in [6.45, 7) is 1.34. The fourth-order valence-electron chi connectivity index (χ4n) is 2.13. The van der Waals surface area contributed by atoms with Gasteiger partial charge in [0, 0.05) is 16.3 Å². The highest BCUT2D eigenvalue weighted by molar-refractivity contribution is 7.99. The molecule has 0 aliphatic heterocycles. The molecule has 0 heterocycles. The minimum Gasteiger partial charge on any atom is -0.348 e. The van der Waals surface area contributed by atoms with E-state index in [2.05, 4.69) is 10.6 Å². The van der Waals surface area contributed by atoms with Crippen LogP contribution >= 0.6 is 11.8 Å². The Morgan fingerprint density at radius 3 is 2.36 bits per heavy atom. The Morgan fingerprint density at radius 2 is 1.64 bits per heavy atom. The van der Waals surface area contributed by atoms with Crippen LogP contribution in [0.15, 0.2) is 64.4 Å². The molecule has 0 saturated carbocycles. The van der Waals surface area contributed by atoms with Crippen LogP contribution in [0.1, 0.15) is 6.42 Å². The number of amides is 2. The van der Waals surface area contributed by atoms with Gasteiger partial charge in [0.25, 0.3) is 0 Å². The molecule has 0 fully saturated rings. The topological polar surface area (TPSA) is 61.4 Å². The van der Waals surface area contributed by atoms with E-state index >= 15 is 0 Å². The largest absolute Gasteiger partial charge is 0.348 e. The molecular weight excluding hydrogens is 334 g/mol. The molecule has 0 radical (unpaired) electrons. The molecule has 0 unspecified atom stereocenters. The number of benzene rings is 2. The molecule has 2 N–H and O–H groups in total. The van der Waals surface area contributed by atoms with E-state index in [-0.39, 0.29) is 0 Å². The SMILES string of the molecule is CN(C)CCCNC(=O)C(=O)Nc1ccccc1Sc1ccccc1. The fourth-order valence-corrected chi connectivity index (χ4v) is 3.05. The summed E-state index contributed by atoms with van der Waals surface area (Å²) in [6, 6.07) is 17.3. The summed E-state index contributed by atoms with van der Waals surface area (Å²) in [5.74, 6) is -1.26. The Morgan fingerprint density at radius 1 is 0.960 bits per heavy atom. The zero-order valence-corrected chi connectivity index (χ0v) is 15.3. The minimum atomic E-state index is -0.647. The highest BCUT2D eigenvalue weighted by Gasteiger charge is 2.15. The maximum absolute atomic E-state index is 12.1. The zero-order valence-electron chi connectivity index (χ0n) is 14.5. The highest BCUT2D eigenvalue weighted by Crippen LogP contribution is 2.33. The predicted octanol–water partition coefficient (Wildman–Crippen LogP) is 2.84. The fraction of sp³-hybridized carbons (Fsp3) is 0.263. The van der Waals surface area contributed by atoms with Gasteiger partial charge in [0.1, 0.15) is 0 Å². The third-order valence-electron chi connectivity index (χ3n) is 3.38. The minimum absolute atomic E-state index is 0.477. The van der Waals surface area contributed by atoms with Crippen LogP contribution in [0.5, 0.6) is 0 Å². The summed E-state index contributed by atoms with van der Waals surface area (Å²) >= 11 is 1.54. The Balaban J connectivity index is 1.93. The molecule has 0 spiro atoms. The molecule has 0 atom stereocenters. The van der Waals surface area contributed by atoms with Gasteiger partial charge in [0.05, 0.1) is 5.69 Å².